The normalized spacial score (nSPS) is 24.7. The molecule has 1 unspecified atom stereocenters. The van der Waals surface area contributed by atoms with E-state index in [0.717, 1.165) is 37.3 Å². The van der Waals surface area contributed by atoms with Gasteiger partial charge in [-0.05, 0) is 73.9 Å². The quantitative estimate of drug-likeness (QED) is 0.858. The Labute approximate surface area is 151 Å². The number of hydrogen-bond acceptors (Lipinski definition) is 2. The zero-order valence-corrected chi connectivity index (χ0v) is 14.6. The van der Waals surface area contributed by atoms with E-state index in [4.69, 9.17) is 0 Å². The third-order valence-corrected chi connectivity index (χ3v) is 5.81. The number of carbonyl (C=O) groups is 1. The molecule has 3 atom stereocenters. The van der Waals surface area contributed by atoms with E-state index in [-0.39, 0.29) is 29.4 Å². The zero-order valence-electron chi connectivity index (χ0n) is 14.6. The summed E-state index contributed by atoms with van der Waals surface area (Å²) >= 11 is 0. The molecule has 2 aromatic carbocycles. The number of phenolic OH excluding ortho intramolecular Hbond substituents is 1. The Morgan fingerprint density at radius 3 is 2.27 bits per heavy atom. The lowest BCUT2D eigenvalue weighted by Gasteiger charge is -2.39. The van der Waals surface area contributed by atoms with Crippen molar-refractivity contribution in [3.63, 3.8) is 0 Å². The molecule has 2 aliphatic rings. The largest absolute Gasteiger partial charge is 0.505 e. The number of carbonyl (C=O) groups excluding carboxylic acids is 1. The molecule has 0 aromatic heterocycles. The van der Waals surface area contributed by atoms with Crippen LogP contribution in [0.4, 0.5) is 8.78 Å². The topological polar surface area (TPSA) is 40.5 Å². The molecule has 0 spiro atoms. The van der Waals surface area contributed by atoms with Crippen LogP contribution in [0.5, 0.6) is 5.75 Å². The number of aromatic hydroxyl groups is 1. The van der Waals surface area contributed by atoms with Crippen LogP contribution in [-0.4, -0.2) is 28.0 Å². The van der Waals surface area contributed by atoms with Gasteiger partial charge in [-0.3, -0.25) is 4.79 Å². The van der Waals surface area contributed by atoms with Gasteiger partial charge < -0.3 is 10.0 Å². The Hall–Kier alpha value is -2.43. The van der Waals surface area contributed by atoms with E-state index >= 15 is 0 Å². The fourth-order valence-corrected chi connectivity index (χ4v) is 4.52. The van der Waals surface area contributed by atoms with Gasteiger partial charge in [0.15, 0.2) is 11.6 Å². The Morgan fingerprint density at radius 2 is 1.69 bits per heavy atom. The highest BCUT2D eigenvalue weighted by Gasteiger charge is 2.43. The first kappa shape index (κ1) is 17.0. The van der Waals surface area contributed by atoms with Crippen molar-refractivity contribution >= 4 is 5.91 Å². The van der Waals surface area contributed by atoms with Gasteiger partial charge in [-0.15, -0.1) is 0 Å². The van der Waals surface area contributed by atoms with Crippen LogP contribution in [0.3, 0.4) is 0 Å². The maximum Gasteiger partial charge on any atom is 0.254 e. The summed E-state index contributed by atoms with van der Waals surface area (Å²) in [5, 5.41) is 9.59. The third kappa shape index (κ3) is 2.85. The number of benzene rings is 2. The van der Waals surface area contributed by atoms with Crippen molar-refractivity contribution in [2.45, 2.75) is 50.6 Å². The van der Waals surface area contributed by atoms with Gasteiger partial charge in [0.05, 0.1) is 0 Å². The van der Waals surface area contributed by atoms with Crippen LogP contribution in [0.15, 0.2) is 36.4 Å². The fourth-order valence-electron chi connectivity index (χ4n) is 4.52. The second-order valence-electron chi connectivity index (χ2n) is 7.44. The van der Waals surface area contributed by atoms with E-state index in [1.807, 2.05) is 17.0 Å². The molecular weight excluding hydrogens is 336 g/mol. The number of piperidine rings is 1. The van der Waals surface area contributed by atoms with Gasteiger partial charge in [0.2, 0.25) is 0 Å². The molecule has 2 bridgehead atoms. The second-order valence-corrected chi connectivity index (χ2v) is 7.44. The van der Waals surface area contributed by atoms with Crippen molar-refractivity contribution in [3.05, 3.63) is 64.7 Å². The lowest BCUT2D eigenvalue weighted by molar-refractivity contribution is 0.0571. The molecule has 0 radical (unpaired) electrons. The average molecular weight is 357 g/mol. The minimum absolute atomic E-state index is 0.119. The number of rotatable bonds is 2. The first-order valence-electron chi connectivity index (χ1n) is 9.01. The number of nitrogens with zero attached hydrogens (tertiary/aromatic N) is 1. The van der Waals surface area contributed by atoms with Crippen molar-refractivity contribution in [1.29, 1.82) is 0 Å². The van der Waals surface area contributed by atoms with Gasteiger partial charge in [0.1, 0.15) is 5.82 Å². The van der Waals surface area contributed by atoms with Crippen LogP contribution in [0.25, 0.3) is 0 Å². The van der Waals surface area contributed by atoms with E-state index in [1.54, 1.807) is 13.0 Å². The molecular formula is C21H21F2NO2. The van der Waals surface area contributed by atoms with Crippen LogP contribution < -0.4 is 0 Å². The Kier molecular flexibility index (Phi) is 4.17. The van der Waals surface area contributed by atoms with Crippen LogP contribution in [-0.2, 0) is 0 Å². The Morgan fingerprint density at radius 1 is 1.08 bits per heavy atom. The summed E-state index contributed by atoms with van der Waals surface area (Å²) in [5.41, 5.74) is 1.76. The van der Waals surface area contributed by atoms with Crippen molar-refractivity contribution in [2.75, 3.05) is 0 Å². The van der Waals surface area contributed by atoms with Gasteiger partial charge in [-0.25, -0.2) is 8.78 Å². The molecule has 1 amide bonds. The smallest absolute Gasteiger partial charge is 0.254 e. The number of phenols is 1. The summed E-state index contributed by atoms with van der Waals surface area (Å²) in [6.45, 7) is 1.59. The molecule has 136 valence electrons. The van der Waals surface area contributed by atoms with Gasteiger partial charge in [-0.1, -0.05) is 12.1 Å². The van der Waals surface area contributed by atoms with E-state index in [1.165, 1.54) is 12.1 Å². The van der Waals surface area contributed by atoms with E-state index < -0.39 is 11.6 Å². The lowest BCUT2D eigenvalue weighted by Crippen LogP contribution is -2.46. The van der Waals surface area contributed by atoms with Gasteiger partial charge >= 0.3 is 0 Å². The Bertz CT molecular complexity index is 813. The van der Waals surface area contributed by atoms with Crippen LogP contribution in [0.1, 0.15) is 53.1 Å². The first-order valence-corrected chi connectivity index (χ1v) is 9.01. The first-order chi connectivity index (χ1) is 12.4. The van der Waals surface area contributed by atoms with E-state index in [0.29, 0.717) is 11.5 Å². The highest BCUT2D eigenvalue weighted by molar-refractivity contribution is 5.95. The van der Waals surface area contributed by atoms with E-state index in [2.05, 4.69) is 0 Å². The predicted octanol–water partition coefficient (Wildman–Crippen LogP) is 4.53. The molecule has 3 nitrogen and oxygen atoms in total. The molecule has 2 aliphatic heterocycles. The molecule has 2 fully saturated rings. The summed E-state index contributed by atoms with van der Waals surface area (Å²) < 4.78 is 27.0. The molecule has 5 heteroatoms. The van der Waals surface area contributed by atoms with E-state index in [9.17, 15) is 18.7 Å². The monoisotopic (exact) mass is 357 g/mol. The van der Waals surface area contributed by atoms with Crippen LogP contribution in [0.2, 0.25) is 0 Å². The van der Waals surface area contributed by atoms with Gasteiger partial charge in [0.25, 0.3) is 5.91 Å². The lowest BCUT2D eigenvalue weighted by atomic mass is 9.84. The summed E-state index contributed by atoms with van der Waals surface area (Å²) in [6, 6.07) is 9.53. The minimum Gasteiger partial charge on any atom is -0.505 e. The minimum atomic E-state index is -0.762. The predicted molar refractivity (Wildman–Crippen MR) is 94.2 cm³/mol. The summed E-state index contributed by atoms with van der Waals surface area (Å²) in [7, 11) is 0. The fraction of sp³-hybridized carbons (Fsp3) is 0.381. The molecule has 1 N–H and O–H groups in total. The molecule has 2 saturated heterocycles. The average Bonchev–Trinajstić information content (AvgIpc) is 2.88. The number of amides is 1. The van der Waals surface area contributed by atoms with Crippen molar-refractivity contribution < 1.29 is 18.7 Å². The molecule has 0 saturated carbocycles. The molecule has 26 heavy (non-hydrogen) atoms. The highest BCUT2D eigenvalue weighted by Crippen LogP contribution is 2.43. The number of aryl methyl sites for hydroxylation is 1. The van der Waals surface area contributed by atoms with Crippen molar-refractivity contribution in [3.8, 4) is 5.75 Å². The zero-order chi connectivity index (χ0) is 18.4. The van der Waals surface area contributed by atoms with Gasteiger partial charge in [0, 0.05) is 17.6 Å². The summed E-state index contributed by atoms with van der Waals surface area (Å²) in [6.07, 6.45) is 3.56. The number of fused-ring (bicyclic) bond motifs is 2. The maximum atomic E-state index is 13.8. The summed E-state index contributed by atoms with van der Waals surface area (Å²) in [4.78, 5) is 14.9. The summed E-state index contributed by atoms with van der Waals surface area (Å²) in [5.74, 6) is -1.26. The number of hydrogen-bond donors (Lipinski definition) is 1. The van der Waals surface area contributed by atoms with Crippen LogP contribution >= 0.6 is 0 Å². The molecule has 2 heterocycles. The maximum absolute atomic E-state index is 13.8. The SMILES string of the molecule is Cc1cc(C(=O)N2[C@@H]3CC[C@H]2CC(c2ccc(F)cc2)C3)cc(F)c1O. The molecule has 0 aliphatic carbocycles. The Balaban J connectivity index is 1.56. The van der Waals surface area contributed by atoms with Crippen molar-refractivity contribution in [1.82, 2.24) is 4.90 Å². The molecule has 2 aromatic rings. The van der Waals surface area contributed by atoms with Gasteiger partial charge in [-0.2, -0.15) is 0 Å². The standard InChI is InChI=1S/C21H21F2NO2/c1-12-8-15(11-19(23)20(12)25)21(26)24-17-6-7-18(24)10-14(9-17)13-2-4-16(22)5-3-13/h2-5,8,11,14,17-18,25H,6-7,9-10H2,1H3/t14?,17-,18+. The third-order valence-electron chi connectivity index (χ3n) is 5.81. The molecule has 4 rings (SSSR count). The number of halogens is 2. The second kappa shape index (κ2) is 6.38. The highest BCUT2D eigenvalue weighted by atomic mass is 19.1. The van der Waals surface area contributed by atoms with Crippen LogP contribution in [0, 0.1) is 18.6 Å². The van der Waals surface area contributed by atoms with Crippen molar-refractivity contribution in [2.24, 2.45) is 0 Å².